The van der Waals surface area contributed by atoms with E-state index in [0.29, 0.717) is 24.0 Å². The quantitative estimate of drug-likeness (QED) is 0.239. The van der Waals surface area contributed by atoms with E-state index in [1.807, 2.05) is 6.07 Å². The lowest BCUT2D eigenvalue weighted by molar-refractivity contribution is 0.432. The van der Waals surface area contributed by atoms with Crippen LogP contribution in [0.4, 0.5) is 0 Å². The normalized spacial score (nSPS) is 17.7. The fourth-order valence-electron chi connectivity index (χ4n) is 4.84. The lowest BCUT2D eigenvalue weighted by Crippen LogP contribution is -2.19. The summed E-state index contributed by atoms with van der Waals surface area (Å²) in [7, 11) is -8.54. The summed E-state index contributed by atoms with van der Waals surface area (Å²) in [5.41, 5.74) is 1.83. The smallest absolute Gasteiger partial charge is 0.339 e. The van der Waals surface area contributed by atoms with Crippen LogP contribution in [0.1, 0.15) is 67.6 Å². The van der Waals surface area contributed by atoms with Crippen LogP contribution in [0, 0.1) is 7.14 Å². The Labute approximate surface area is 216 Å². The largest absolute Gasteiger partial charge is 0.379 e. The SMILES string of the molecule is O=S(=O)(O)c1ccc(OS(=O)(=O)c2cc(I)cc(I)c2C2CCCCC2)c2c1CCCC2. The van der Waals surface area contributed by atoms with Crippen molar-refractivity contribution in [3.63, 3.8) is 0 Å². The second kappa shape index (κ2) is 9.67. The molecule has 0 atom stereocenters. The number of halogens is 2. The Kier molecular flexibility index (Phi) is 7.45. The Balaban J connectivity index is 1.80. The summed E-state index contributed by atoms with van der Waals surface area (Å²) >= 11 is 4.33. The zero-order chi connectivity index (χ0) is 23.1. The van der Waals surface area contributed by atoms with Gasteiger partial charge in [-0.15, -0.1) is 0 Å². The van der Waals surface area contributed by atoms with Gasteiger partial charge in [0.1, 0.15) is 10.6 Å². The fraction of sp³-hybridized carbons (Fsp3) is 0.455. The Morgan fingerprint density at radius 3 is 2.16 bits per heavy atom. The second-order valence-corrected chi connectivity index (χ2v) is 13.7. The van der Waals surface area contributed by atoms with Gasteiger partial charge in [0.05, 0.1) is 4.90 Å². The molecular formula is C22H24I2O6S2. The van der Waals surface area contributed by atoms with Crippen molar-refractivity contribution in [1.29, 1.82) is 0 Å². The predicted octanol–water partition coefficient (Wildman–Crippen LogP) is 5.84. The maximum atomic E-state index is 13.5. The van der Waals surface area contributed by atoms with Crippen molar-refractivity contribution in [3.8, 4) is 5.75 Å². The molecule has 0 amide bonds. The fourth-order valence-corrected chi connectivity index (χ4v) is 9.60. The molecule has 174 valence electrons. The topological polar surface area (TPSA) is 97.7 Å². The zero-order valence-electron chi connectivity index (χ0n) is 17.3. The third-order valence-electron chi connectivity index (χ3n) is 6.27. The van der Waals surface area contributed by atoms with E-state index in [9.17, 15) is 21.4 Å². The molecule has 0 heterocycles. The minimum Gasteiger partial charge on any atom is -0.379 e. The van der Waals surface area contributed by atoms with Crippen LogP contribution in [0.25, 0.3) is 0 Å². The van der Waals surface area contributed by atoms with Gasteiger partial charge in [-0.3, -0.25) is 4.55 Å². The molecule has 1 saturated carbocycles. The van der Waals surface area contributed by atoms with Crippen LogP contribution >= 0.6 is 45.2 Å². The molecule has 0 bridgehead atoms. The molecule has 1 fully saturated rings. The molecule has 1 N–H and O–H groups in total. The molecule has 32 heavy (non-hydrogen) atoms. The third kappa shape index (κ3) is 5.13. The Morgan fingerprint density at radius 2 is 1.50 bits per heavy atom. The number of fused-ring (bicyclic) bond motifs is 1. The van der Waals surface area contributed by atoms with E-state index in [1.54, 1.807) is 6.07 Å². The summed E-state index contributed by atoms with van der Waals surface area (Å²) in [5, 5.41) is 0. The summed E-state index contributed by atoms with van der Waals surface area (Å²) in [4.78, 5) is 0.0350. The van der Waals surface area contributed by atoms with Crippen LogP contribution < -0.4 is 4.18 Å². The highest BCUT2D eigenvalue weighted by Gasteiger charge is 2.31. The summed E-state index contributed by atoms with van der Waals surface area (Å²) in [6, 6.07) is 6.25. The van der Waals surface area contributed by atoms with E-state index < -0.39 is 20.2 Å². The van der Waals surface area contributed by atoms with Gasteiger partial charge in [0.15, 0.2) is 0 Å². The Bertz CT molecular complexity index is 1250. The highest BCUT2D eigenvalue weighted by molar-refractivity contribution is 14.1. The first-order valence-electron chi connectivity index (χ1n) is 10.6. The molecule has 0 aromatic heterocycles. The monoisotopic (exact) mass is 702 g/mol. The minimum absolute atomic E-state index is 0.149. The highest BCUT2D eigenvalue weighted by Crippen LogP contribution is 2.41. The first-order chi connectivity index (χ1) is 15.1. The van der Waals surface area contributed by atoms with Crippen molar-refractivity contribution in [2.24, 2.45) is 0 Å². The molecule has 10 heteroatoms. The number of rotatable bonds is 5. The van der Waals surface area contributed by atoms with Crippen molar-refractivity contribution in [2.75, 3.05) is 0 Å². The predicted molar refractivity (Wildman–Crippen MR) is 138 cm³/mol. The average Bonchev–Trinajstić information content (AvgIpc) is 2.73. The van der Waals surface area contributed by atoms with E-state index in [1.165, 1.54) is 18.6 Å². The first kappa shape index (κ1) is 24.7. The van der Waals surface area contributed by atoms with Gasteiger partial charge >= 0.3 is 10.1 Å². The van der Waals surface area contributed by atoms with Crippen LogP contribution in [0.5, 0.6) is 5.75 Å². The van der Waals surface area contributed by atoms with Gasteiger partial charge in [-0.2, -0.15) is 16.8 Å². The van der Waals surface area contributed by atoms with E-state index in [0.717, 1.165) is 51.2 Å². The van der Waals surface area contributed by atoms with Crippen molar-refractivity contribution in [3.05, 3.63) is 48.1 Å². The molecule has 0 saturated heterocycles. The van der Waals surface area contributed by atoms with Crippen LogP contribution in [-0.4, -0.2) is 21.4 Å². The summed E-state index contributed by atoms with van der Waals surface area (Å²) in [6.45, 7) is 0. The van der Waals surface area contributed by atoms with Gasteiger partial charge in [0, 0.05) is 12.7 Å². The zero-order valence-corrected chi connectivity index (χ0v) is 23.3. The number of benzene rings is 2. The first-order valence-corrected chi connectivity index (χ1v) is 15.6. The molecule has 6 nitrogen and oxygen atoms in total. The standard InChI is InChI=1S/C22H24I2O6S2/c23-15-12-18(24)22(14-6-2-1-3-7-14)21(13-15)32(28,29)30-19-10-11-20(31(25,26)27)17-9-5-4-8-16(17)19/h10-14H,1-9H2,(H,25,26,27). The molecule has 2 aromatic rings. The summed E-state index contributed by atoms with van der Waals surface area (Å²) < 4.78 is 67.7. The minimum atomic E-state index is -4.40. The number of hydrogen-bond acceptors (Lipinski definition) is 5. The molecule has 0 spiro atoms. The second-order valence-electron chi connectivity index (χ2n) is 8.37. The average molecular weight is 702 g/mol. The summed E-state index contributed by atoms with van der Waals surface area (Å²) in [5.74, 6) is 0.326. The van der Waals surface area contributed by atoms with Gasteiger partial charge in [0.25, 0.3) is 10.1 Å². The van der Waals surface area contributed by atoms with E-state index in [2.05, 4.69) is 45.2 Å². The molecule has 2 aliphatic carbocycles. The van der Waals surface area contributed by atoms with Gasteiger partial charge in [-0.05, 0) is 125 Å². The Morgan fingerprint density at radius 1 is 0.844 bits per heavy atom. The van der Waals surface area contributed by atoms with Crippen molar-refractivity contribution < 1.29 is 25.6 Å². The van der Waals surface area contributed by atoms with Crippen molar-refractivity contribution >= 4 is 65.4 Å². The lowest BCUT2D eigenvalue weighted by atomic mass is 9.84. The van der Waals surface area contributed by atoms with Crippen molar-refractivity contribution in [1.82, 2.24) is 0 Å². The van der Waals surface area contributed by atoms with Crippen molar-refractivity contribution in [2.45, 2.75) is 73.5 Å². The summed E-state index contributed by atoms with van der Waals surface area (Å²) in [6.07, 6.45) is 7.77. The van der Waals surface area contributed by atoms with E-state index >= 15 is 0 Å². The van der Waals surface area contributed by atoms with E-state index in [-0.39, 0.29) is 21.5 Å². The molecule has 2 aliphatic rings. The van der Waals surface area contributed by atoms with Crippen LogP contribution in [0.2, 0.25) is 0 Å². The van der Waals surface area contributed by atoms with Crippen LogP contribution in [0.15, 0.2) is 34.1 Å². The lowest BCUT2D eigenvalue weighted by Gasteiger charge is -2.26. The molecular weight excluding hydrogens is 678 g/mol. The molecule has 0 unspecified atom stereocenters. The molecule has 4 rings (SSSR count). The van der Waals surface area contributed by atoms with Gasteiger partial charge in [0.2, 0.25) is 0 Å². The molecule has 2 aromatic carbocycles. The van der Waals surface area contributed by atoms with Gasteiger partial charge < -0.3 is 4.18 Å². The molecule has 0 aliphatic heterocycles. The highest BCUT2D eigenvalue weighted by atomic mass is 127. The molecule has 0 radical (unpaired) electrons. The Hall–Kier alpha value is -0.440. The van der Waals surface area contributed by atoms with Crippen LogP contribution in [0.3, 0.4) is 0 Å². The van der Waals surface area contributed by atoms with Gasteiger partial charge in [-0.25, -0.2) is 0 Å². The number of hydrogen-bond donors (Lipinski definition) is 1. The van der Waals surface area contributed by atoms with Crippen LogP contribution in [-0.2, 0) is 33.1 Å². The third-order valence-corrected chi connectivity index (χ3v) is 9.99. The van der Waals surface area contributed by atoms with Gasteiger partial charge in [-0.1, -0.05) is 19.3 Å². The maximum absolute atomic E-state index is 13.5. The van der Waals surface area contributed by atoms with E-state index in [4.69, 9.17) is 4.18 Å². The maximum Gasteiger partial charge on any atom is 0.339 e.